The summed E-state index contributed by atoms with van der Waals surface area (Å²) in [6.07, 6.45) is 12.3. The van der Waals surface area contributed by atoms with Gasteiger partial charge in [0.05, 0.1) is 18.5 Å². The minimum atomic E-state index is 0.0533. The summed E-state index contributed by atoms with van der Waals surface area (Å²) in [5.41, 5.74) is 0.720. The van der Waals surface area contributed by atoms with Crippen molar-refractivity contribution >= 4 is 11.6 Å². The van der Waals surface area contributed by atoms with Crippen molar-refractivity contribution in [1.82, 2.24) is 4.98 Å². The van der Waals surface area contributed by atoms with Crippen LogP contribution >= 0.6 is 0 Å². The zero-order chi connectivity index (χ0) is 16.0. The number of nitrogens with one attached hydrogen (secondary N) is 1. The SMILES string of the molecule is C=CCCCCCCCCC(=O)Nc1ccc(OCC)nc1. The van der Waals surface area contributed by atoms with Crippen LogP contribution in [0.5, 0.6) is 5.88 Å². The molecule has 4 heteroatoms. The fourth-order valence-corrected chi connectivity index (χ4v) is 2.19. The van der Waals surface area contributed by atoms with Gasteiger partial charge in [-0.25, -0.2) is 4.98 Å². The summed E-state index contributed by atoms with van der Waals surface area (Å²) in [6.45, 7) is 6.22. The molecule has 1 aromatic rings. The Hall–Kier alpha value is -1.84. The Labute approximate surface area is 134 Å². The molecule has 1 aromatic heterocycles. The van der Waals surface area contributed by atoms with Crippen molar-refractivity contribution in [2.75, 3.05) is 11.9 Å². The number of nitrogens with zero attached hydrogens (tertiary/aromatic N) is 1. The number of hydrogen-bond donors (Lipinski definition) is 1. The topological polar surface area (TPSA) is 51.2 Å². The number of carbonyl (C=O) groups is 1. The Bertz CT molecular complexity index is 429. The third-order valence-corrected chi connectivity index (χ3v) is 3.37. The van der Waals surface area contributed by atoms with E-state index in [-0.39, 0.29) is 5.91 Å². The lowest BCUT2D eigenvalue weighted by molar-refractivity contribution is -0.116. The highest BCUT2D eigenvalue weighted by atomic mass is 16.5. The van der Waals surface area contributed by atoms with Gasteiger partial charge >= 0.3 is 0 Å². The standard InChI is InChI=1S/C18H28N2O2/c1-3-5-6-7-8-9-10-11-12-17(21)20-16-13-14-18(19-15-16)22-4-2/h3,13-15H,1,4-12H2,2H3,(H,20,21). The van der Waals surface area contributed by atoms with E-state index in [1.165, 1.54) is 25.7 Å². The molecule has 1 heterocycles. The van der Waals surface area contributed by atoms with E-state index in [1.54, 1.807) is 12.3 Å². The van der Waals surface area contributed by atoms with Crippen LogP contribution in [0.1, 0.15) is 58.3 Å². The molecular formula is C18H28N2O2. The Kier molecular flexibility index (Phi) is 9.75. The second kappa shape index (κ2) is 11.8. The predicted molar refractivity (Wildman–Crippen MR) is 91.2 cm³/mol. The van der Waals surface area contributed by atoms with Crippen LogP contribution in [0.3, 0.4) is 0 Å². The molecule has 0 spiro atoms. The first-order chi connectivity index (χ1) is 10.8. The maximum Gasteiger partial charge on any atom is 0.224 e. The van der Waals surface area contributed by atoms with Crippen molar-refractivity contribution in [3.63, 3.8) is 0 Å². The van der Waals surface area contributed by atoms with Crippen molar-refractivity contribution in [2.45, 2.75) is 58.3 Å². The summed E-state index contributed by atoms with van der Waals surface area (Å²) >= 11 is 0. The summed E-state index contributed by atoms with van der Waals surface area (Å²) in [5, 5.41) is 2.86. The quantitative estimate of drug-likeness (QED) is 0.449. The second-order valence-corrected chi connectivity index (χ2v) is 5.31. The molecule has 0 fully saturated rings. The van der Waals surface area contributed by atoms with Gasteiger partial charge in [-0.2, -0.15) is 0 Å². The fourth-order valence-electron chi connectivity index (χ4n) is 2.19. The third kappa shape index (κ3) is 8.45. The number of rotatable bonds is 12. The van der Waals surface area contributed by atoms with Crippen LogP contribution in [-0.2, 0) is 4.79 Å². The molecule has 22 heavy (non-hydrogen) atoms. The Morgan fingerprint density at radius 3 is 2.59 bits per heavy atom. The van der Waals surface area contributed by atoms with Crippen LogP contribution in [0, 0.1) is 0 Å². The first kappa shape index (κ1) is 18.2. The predicted octanol–water partition coefficient (Wildman–Crippen LogP) is 4.73. The van der Waals surface area contributed by atoms with Crippen LogP contribution in [-0.4, -0.2) is 17.5 Å². The van der Waals surface area contributed by atoms with Crippen LogP contribution in [0.2, 0.25) is 0 Å². The molecule has 1 rings (SSSR count). The van der Waals surface area contributed by atoms with Gasteiger partial charge in [0.2, 0.25) is 11.8 Å². The highest BCUT2D eigenvalue weighted by molar-refractivity contribution is 5.90. The Morgan fingerprint density at radius 1 is 1.23 bits per heavy atom. The largest absolute Gasteiger partial charge is 0.478 e. The Morgan fingerprint density at radius 2 is 1.95 bits per heavy atom. The van der Waals surface area contributed by atoms with Gasteiger partial charge in [-0.15, -0.1) is 6.58 Å². The van der Waals surface area contributed by atoms with E-state index in [2.05, 4.69) is 16.9 Å². The van der Waals surface area contributed by atoms with Gasteiger partial charge in [-0.05, 0) is 32.3 Å². The number of anilines is 1. The molecule has 0 aromatic carbocycles. The average Bonchev–Trinajstić information content (AvgIpc) is 2.52. The number of carbonyl (C=O) groups excluding carboxylic acids is 1. The van der Waals surface area contributed by atoms with E-state index in [1.807, 2.05) is 19.1 Å². The van der Waals surface area contributed by atoms with E-state index < -0.39 is 0 Å². The number of amides is 1. The molecule has 0 aliphatic rings. The van der Waals surface area contributed by atoms with E-state index in [0.717, 1.165) is 24.9 Å². The zero-order valence-electron chi connectivity index (χ0n) is 13.6. The summed E-state index contributed by atoms with van der Waals surface area (Å²) < 4.78 is 5.26. The van der Waals surface area contributed by atoms with Crippen LogP contribution < -0.4 is 10.1 Å². The molecule has 0 bridgehead atoms. The van der Waals surface area contributed by atoms with Crippen molar-refractivity contribution in [2.24, 2.45) is 0 Å². The van der Waals surface area contributed by atoms with Crippen molar-refractivity contribution in [3.05, 3.63) is 31.0 Å². The molecule has 0 unspecified atom stereocenters. The lowest BCUT2D eigenvalue weighted by Gasteiger charge is -2.06. The van der Waals surface area contributed by atoms with Gasteiger partial charge in [-0.1, -0.05) is 31.8 Å². The summed E-state index contributed by atoms with van der Waals surface area (Å²) in [5.74, 6) is 0.634. The summed E-state index contributed by atoms with van der Waals surface area (Å²) in [6, 6.07) is 3.58. The molecule has 122 valence electrons. The molecule has 0 radical (unpaired) electrons. The van der Waals surface area contributed by atoms with Crippen molar-refractivity contribution < 1.29 is 9.53 Å². The Balaban J connectivity index is 2.09. The number of allylic oxidation sites excluding steroid dienone is 1. The normalized spacial score (nSPS) is 10.2. The van der Waals surface area contributed by atoms with Crippen LogP contribution in [0.15, 0.2) is 31.0 Å². The third-order valence-electron chi connectivity index (χ3n) is 3.37. The number of unbranched alkanes of at least 4 members (excludes halogenated alkanes) is 6. The number of ether oxygens (including phenoxy) is 1. The molecular weight excluding hydrogens is 276 g/mol. The van der Waals surface area contributed by atoms with Gasteiger partial charge in [-0.3, -0.25) is 4.79 Å². The van der Waals surface area contributed by atoms with Crippen LogP contribution in [0.4, 0.5) is 5.69 Å². The minimum Gasteiger partial charge on any atom is -0.478 e. The second-order valence-electron chi connectivity index (χ2n) is 5.31. The highest BCUT2D eigenvalue weighted by Gasteiger charge is 2.03. The highest BCUT2D eigenvalue weighted by Crippen LogP contribution is 2.13. The van der Waals surface area contributed by atoms with E-state index in [0.29, 0.717) is 18.9 Å². The first-order valence-corrected chi connectivity index (χ1v) is 8.26. The first-order valence-electron chi connectivity index (χ1n) is 8.26. The number of hydrogen-bond acceptors (Lipinski definition) is 3. The van der Waals surface area contributed by atoms with Crippen LogP contribution in [0.25, 0.3) is 0 Å². The van der Waals surface area contributed by atoms with Crippen molar-refractivity contribution in [1.29, 1.82) is 0 Å². The number of pyridine rings is 1. The summed E-state index contributed by atoms with van der Waals surface area (Å²) in [4.78, 5) is 15.9. The minimum absolute atomic E-state index is 0.0533. The monoisotopic (exact) mass is 304 g/mol. The van der Waals surface area contributed by atoms with E-state index in [4.69, 9.17) is 4.74 Å². The van der Waals surface area contributed by atoms with Gasteiger partial charge in [0.1, 0.15) is 0 Å². The lowest BCUT2D eigenvalue weighted by atomic mass is 10.1. The van der Waals surface area contributed by atoms with E-state index >= 15 is 0 Å². The van der Waals surface area contributed by atoms with Gasteiger partial charge < -0.3 is 10.1 Å². The zero-order valence-corrected chi connectivity index (χ0v) is 13.6. The summed E-state index contributed by atoms with van der Waals surface area (Å²) in [7, 11) is 0. The van der Waals surface area contributed by atoms with Gasteiger partial charge in [0.25, 0.3) is 0 Å². The smallest absolute Gasteiger partial charge is 0.224 e. The molecule has 1 amide bonds. The number of aromatic nitrogens is 1. The molecule has 0 aliphatic heterocycles. The molecule has 4 nitrogen and oxygen atoms in total. The molecule has 0 aliphatic carbocycles. The van der Waals surface area contributed by atoms with Gasteiger partial charge in [0, 0.05) is 12.5 Å². The maximum atomic E-state index is 11.8. The molecule has 0 atom stereocenters. The fraction of sp³-hybridized carbons (Fsp3) is 0.556. The van der Waals surface area contributed by atoms with Gasteiger partial charge in [0.15, 0.2) is 0 Å². The maximum absolute atomic E-state index is 11.8. The molecule has 0 saturated carbocycles. The van der Waals surface area contributed by atoms with Crippen molar-refractivity contribution in [3.8, 4) is 5.88 Å². The molecule has 1 N–H and O–H groups in total. The molecule has 0 saturated heterocycles. The average molecular weight is 304 g/mol. The van der Waals surface area contributed by atoms with E-state index in [9.17, 15) is 4.79 Å². The lowest BCUT2D eigenvalue weighted by Crippen LogP contribution is -2.11.